The molecule has 0 radical (unpaired) electrons. The van der Waals surface area contributed by atoms with Crippen LogP contribution in [0.25, 0.3) is 16.7 Å². The highest BCUT2D eigenvalue weighted by atomic mass is 35.5. The lowest BCUT2D eigenvalue weighted by atomic mass is 9.87. The van der Waals surface area contributed by atoms with Crippen LogP contribution in [-0.2, 0) is 9.53 Å². The molecule has 1 fully saturated rings. The van der Waals surface area contributed by atoms with Gasteiger partial charge in [0.15, 0.2) is 5.78 Å². The molecule has 25 heavy (non-hydrogen) atoms. The highest BCUT2D eigenvalue weighted by Crippen LogP contribution is 2.45. The van der Waals surface area contributed by atoms with E-state index in [1.54, 1.807) is 0 Å². The van der Waals surface area contributed by atoms with Crippen molar-refractivity contribution in [2.45, 2.75) is 38.4 Å². The molecule has 2 bridgehead atoms. The second-order valence-corrected chi connectivity index (χ2v) is 7.44. The molecule has 0 saturated carbocycles. The third kappa shape index (κ3) is 2.59. The van der Waals surface area contributed by atoms with Crippen molar-refractivity contribution in [1.29, 1.82) is 0 Å². The van der Waals surface area contributed by atoms with Crippen LogP contribution in [0.4, 0.5) is 0 Å². The van der Waals surface area contributed by atoms with Crippen LogP contribution in [-0.4, -0.2) is 22.6 Å². The number of aliphatic hydroxyl groups is 1. The van der Waals surface area contributed by atoms with Gasteiger partial charge in [-0.2, -0.15) is 0 Å². The van der Waals surface area contributed by atoms with E-state index in [2.05, 4.69) is 0 Å². The first-order valence-corrected chi connectivity index (χ1v) is 8.79. The van der Waals surface area contributed by atoms with E-state index >= 15 is 0 Å². The number of benzene rings is 2. The second-order valence-electron chi connectivity index (χ2n) is 7.00. The molecule has 0 aliphatic carbocycles. The summed E-state index contributed by atoms with van der Waals surface area (Å²) in [6, 6.07) is 13.5. The third-order valence-corrected chi connectivity index (χ3v) is 5.50. The molecule has 1 N–H and O–H groups in total. The van der Waals surface area contributed by atoms with E-state index in [0.29, 0.717) is 23.4 Å². The maximum absolute atomic E-state index is 12.8. The zero-order valence-corrected chi connectivity index (χ0v) is 14.9. The van der Waals surface area contributed by atoms with Gasteiger partial charge in [-0.1, -0.05) is 35.9 Å². The molecule has 3 nitrogen and oxygen atoms in total. The molecule has 2 heterocycles. The van der Waals surface area contributed by atoms with Gasteiger partial charge in [-0.15, -0.1) is 0 Å². The number of halogens is 1. The summed E-state index contributed by atoms with van der Waals surface area (Å²) in [5.41, 5.74) is 3.38. The molecule has 2 aromatic carbocycles. The van der Waals surface area contributed by atoms with Crippen molar-refractivity contribution >= 4 is 23.0 Å². The molecule has 2 aromatic rings. The lowest BCUT2D eigenvalue weighted by Crippen LogP contribution is -2.37. The van der Waals surface area contributed by atoms with Crippen LogP contribution in [0, 0.1) is 6.92 Å². The lowest BCUT2D eigenvalue weighted by Gasteiger charge is -2.31. The number of rotatable bonds is 2. The Bertz CT molecular complexity index is 898. The largest absolute Gasteiger partial charge is 0.508 e. The van der Waals surface area contributed by atoms with Crippen LogP contribution in [0.1, 0.15) is 30.9 Å². The predicted molar refractivity (Wildman–Crippen MR) is 98.7 cm³/mol. The van der Waals surface area contributed by atoms with E-state index in [1.165, 1.54) is 0 Å². The highest BCUT2D eigenvalue weighted by Gasteiger charge is 2.50. The number of ketones is 1. The lowest BCUT2D eigenvalue weighted by molar-refractivity contribution is -0.130. The van der Waals surface area contributed by atoms with Gasteiger partial charge in [0.25, 0.3) is 0 Å². The van der Waals surface area contributed by atoms with Crippen LogP contribution in [0.5, 0.6) is 0 Å². The summed E-state index contributed by atoms with van der Waals surface area (Å²) in [5, 5.41) is 11.5. The van der Waals surface area contributed by atoms with Crippen molar-refractivity contribution in [2.75, 3.05) is 0 Å². The number of carbonyl (C=O) groups is 1. The average Bonchev–Trinajstić information content (AvgIpc) is 2.97. The number of carbonyl (C=O) groups excluding carboxylic acids is 1. The number of hydrogen-bond acceptors (Lipinski definition) is 3. The van der Waals surface area contributed by atoms with Gasteiger partial charge in [-0.3, -0.25) is 4.79 Å². The molecule has 4 rings (SSSR count). The van der Waals surface area contributed by atoms with E-state index in [-0.39, 0.29) is 11.5 Å². The summed E-state index contributed by atoms with van der Waals surface area (Å²) in [7, 11) is 0. The normalized spacial score (nSPS) is 25.6. The van der Waals surface area contributed by atoms with Crippen molar-refractivity contribution < 1.29 is 14.6 Å². The molecule has 0 amide bonds. The first kappa shape index (κ1) is 16.4. The van der Waals surface area contributed by atoms with Gasteiger partial charge in [0.1, 0.15) is 17.5 Å². The molecular formula is C21H19ClO3. The summed E-state index contributed by atoms with van der Waals surface area (Å²) in [6.07, 6.45) is 0.863. The number of fused-ring (bicyclic) bond motifs is 2. The van der Waals surface area contributed by atoms with E-state index in [0.717, 1.165) is 22.3 Å². The van der Waals surface area contributed by atoms with Gasteiger partial charge in [0, 0.05) is 5.02 Å². The number of Topliss-reactive ketones (excluding diaryl/α,β-unsaturated/α-hetero) is 1. The highest BCUT2D eigenvalue weighted by molar-refractivity contribution is 6.30. The Kier molecular flexibility index (Phi) is 3.75. The second kappa shape index (κ2) is 5.72. The van der Waals surface area contributed by atoms with Gasteiger partial charge in [-0.25, -0.2) is 0 Å². The van der Waals surface area contributed by atoms with E-state index in [1.807, 2.05) is 56.3 Å². The molecule has 1 saturated heterocycles. The first-order chi connectivity index (χ1) is 11.9. The van der Waals surface area contributed by atoms with Crippen molar-refractivity contribution in [3.63, 3.8) is 0 Å². The maximum atomic E-state index is 12.8. The topological polar surface area (TPSA) is 46.5 Å². The van der Waals surface area contributed by atoms with E-state index in [9.17, 15) is 9.90 Å². The fraction of sp³-hybridized carbons (Fsp3) is 0.286. The van der Waals surface area contributed by atoms with Crippen molar-refractivity contribution in [1.82, 2.24) is 0 Å². The van der Waals surface area contributed by atoms with Crippen LogP contribution in [0.3, 0.4) is 0 Å². The van der Waals surface area contributed by atoms with E-state index < -0.39 is 11.7 Å². The Hall–Kier alpha value is -2.10. The minimum Gasteiger partial charge on any atom is -0.508 e. The Morgan fingerprint density at radius 3 is 2.56 bits per heavy atom. The molecule has 2 aliphatic rings. The number of hydrogen-bond donors (Lipinski definition) is 1. The predicted octanol–water partition coefficient (Wildman–Crippen LogP) is 5.10. The van der Waals surface area contributed by atoms with Gasteiger partial charge < -0.3 is 9.84 Å². The zero-order valence-electron chi connectivity index (χ0n) is 14.2. The maximum Gasteiger partial charge on any atom is 0.195 e. The number of aliphatic hydroxyl groups excluding tert-OH is 1. The molecule has 0 spiro atoms. The minimum atomic E-state index is -0.753. The van der Waals surface area contributed by atoms with Crippen LogP contribution in [0.15, 0.2) is 48.2 Å². The zero-order chi connectivity index (χ0) is 17.8. The fourth-order valence-electron chi connectivity index (χ4n) is 3.71. The number of aryl methyl sites for hydroxylation is 1. The quantitative estimate of drug-likeness (QED) is 0.815. The van der Waals surface area contributed by atoms with Crippen LogP contribution >= 0.6 is 11.6 Å². The first-order valence-electron chi connectivity index (χ1n) is 8.42. The summed E-state index contributed by atoms with van der Waals surface area (Å²) in [5.74, 6) is -0.0635. The molecule has 0 aromatic heterocycles. The Morgan fingerprint density at radius 2 is 1.84 bits per heavy atom. The molecule has 128 valence electrons. The summed E-state index contributed by atoms with van der Waals surface area (Å²) >= 11 is 5.97. The molecule has 4 heteroatoms. The monoisotopic (exact) mass is 354 g/mol. The Labute approximate surface area is 151 Å². The minimum absolute atomic E-state index is 0.0580. The standard InChI is InChI=1S/C21H19ClO3/c1-12-3-4-14(13-5-7-15(22)8-6-13)11-16(12)18-19(23)17-9-10-21(2,25-17)20(18)24/h3-8,11,17,24H,9-10H2,1-2H3. The van der Waals surface area contributed by atoms with Gasteiger partial charge in [-0.05, 0) is 67.1 Å². The van der Waals surface area contributed by atoms with E-state index in [4.69, 9.17) is 16.3 Å². The summed E-state index contributed by atoms with van der Waals surface area (Å²) in [4.78, 5) is 12.8. The smallest absolute Gasteiger partial charge is 0.195 e. The van der Waals surface area contributed by atoms with Crippen molar-refractivity contribution in [3.8, 4) is 11.1 Å². The van der Waals surface area contributed by atoms with Gasteiger partial charge >= 0.3 is 0 Å². The van der Waals surface area contributed by atoms with Crippen molar-refractivity contribution in [3.05, 3.63) is 64.4 Å². The van der Waals surface area contributed by atoms with Gasteiger partial charge in [0.2, 0.25) is 0 Å². The number of ether oxygens (including phenoxy) is 1. The fourth-order valence-corrected chi connectivity index (χ4v) is 3.84. The average molecular weight is 355 g/mol. The molecule has 2 aliphatic heterocycles. The van der Waals surface area contributed by atoms with Gasteiger partial charge in [0.05, 0.1) is 5.57 Å². The Morgan fingerprint density at radius 1 is 1.16 bits per heavy atom. The van der Waals surface area contributed by atoms with Crippen molar-refractivity contribution in [2.24, 2.45) is 0 Å². The SMILES string of the molecule is Cc1ccc(-c2ccc(Cl)cc2)cc1C1=C(O)C2(C)CCC(O2)C1=O. The Balaban J connectivity index is 1.87. The molecule has 2 atom stereocenters. The molecular weight excluding hydrogens is 336 g/mol. The van der Waals surface area contributed by atoms with Crippen LogP contribution < -0.4 is 0 Å². The summed E-state index contributed by atoms with van der Waals surface area (Å²) < 4.78 is 5.76. The van der Waals surface area contributed by atoms with Crippen LogP contribution in [0.2, 0.25) is 5.02 Å². The summed E-state index contributed by atoms with van der Waals surface area (Å²) in [6.45, 7) is 3.81. The molecule has 2 unspecified atom stereocenters. The third-order valence-electron chi connectivity index (χ3n) is 5.25.